The zero-order chi connectivity index (χ0) is 34.7. The first-order valence-corrected chi connectivity index (χ1v) is 17.1. The van der Waals surface area contributed by atoms with E-state index in [0.717, 1.165) is 12.1 Å². The maximum absolute atomic E-state index is 12.9. The number of benzene rings is 4. The number of non-ortho nitro benzene ring substituents is 2. The summed E-state index contributed by atoms with van der Waals surface area (Å²) in [7, 11) is -21.3. The minimum atomic E-state index is -5.32. The van der Waals surface area contributed by atoms with Crippen molar-refractivity contribution in [1.82, 2.24) is 0 Å². The average Bonchev–Trinajstić information content (AvgIpc) is 2.88. The van der Waals surface area contributed by atoms with Gasteiger partial charge in [-0.15, -0.1) is 0 Å². The Morgan fingerprint density at radius 1 is 0.500 bits per heavy atom. The monoisotopic (exact) mass is 722 g/mol. The van der Waals surface area contributed by atoms with Crippen LogP contribution in [0.25, 0.3) is 21.5 Å². The molecule has 2 amide bonds. The van der Waals surface area contributed by atoms with Gasteiger partial charge in [-0.05, 0) is 24.3 Å². The number of nitro groups is 2. The standard InChI is InChI=1S/C21H14N4O17S4/c26-21(22-9-1-13-15(17(3-9)43(31,32)33)5-11(24(27)28)7-19(13)45(37,38)39)23-10-2-14-16(18(4-10)44(34,35)36)6-12(25(29)30)8-20(14)46(40,41)42/h1-8H,(H2,22,23,26)(H,31,32,33)(H,34,35,36)(H,37,38,39)(H,40,41,42). The second kappa shape index (κ2) is 11.2. The van der Waals surface area contributed by atoms with Crippen LogP contribution >= 0.6 is 0 Å². The molecule has 6 N–H and O–H groups in total. The van der Waals surface area contributed by atoms with E-state index in [0.29, 0.717) is 36.4 Å². The highest BCUT2D eigenvalue weighted by Gasteiger charge is 2.28. The highest BCUT2D eigenvalue weighted by Crippen LogP contribution is 2.37. The van der Waals surface area contributed by atoms with Crippen molar-refractivity contribution in [2.45, 2.75) is 19.6 Å². The summed E-state index contributed by atoms with van der Waals surface area (Å²) >= 11 is 0. The number of nitro benzene ring substituents is 2. The first kappa shape index (κ1) is 34.0. The lowest BCUT2D eigenvalue weighted by Gasteiger charge is -2.14. The number of carbonyl (C=O) groups excluding carboxylic acids is 1. The van der Waals surface area contributed by atoms with Crippen molar-refractivity contribution >= 4 is 90.8 Å². The van der Waals surface area contributed by atoms with E-state index in [4.69, 9.17) is 0 Å². The van der Waals surface area contributed by atoms with E-state index >= 15 is 0 Å². The van der Waals surface area contributed by atoms with Crippen molar-refractivity contribution in [3.63, 3.8) is 0 Å². The number of nitrogens with zero attached hydrogens (tertiary/aromatic N) is 2. The molecule has 0 saturated carbocycles. The molecule has 0 atom stereocenters. The molecule has 25 heteroatoms. The molecule has 21 nitrogen and oxygen atoms in total. The molecule has 4 aromatic rings. The summed E-state index contributed by atoms with van der Waals surface area (Å²) in [4.78, 5) is 28.4. The number of fused-ring (bicyclic) bond motifs is 2. The summed E-state index contributed by atoms with van der Waals surface area (Å²) in [6.45, 7) is 0. The topological polar surface area (TPSA) is 345 Å². The second-order valence-electron chi connectivity index (χ2n) is 9.02. The van der Waals surface area contributed by atoms with Gasteiger partial charge < -0.3 is 10.6 Å². The van der Waals surface area contributed by atoms with Gasteiger partial charge in [-0.25, -0.2) is 4.79 Å². The molecule has 0 spiro atoms. The molecule has 244 valence electrons. The first-order valence-electron chi connectivity index (χ1n) is 11.4. The van der Waals surface area contributed by atoms with Crippen molar-refractivity contribution < 1.29 is 66.5 Å². The molecular weight excluding hydrogens is 709 g/mol. The van der Waals surface area contributed by atoms with Gasteiger partial charge in [0.05, 0.1) is 9.85 Å². The van der Waals surface area contributed by atoms with Crippen molar-refractivity contribution in [3.8, 4) is 0 Å². The van der Waals surface area contributed by atoms with Crippen molar-refractivity contribution in [2.75, 3.05) is 10.6 Å². The van der Waals surface area contributed by atoms with Crippen LogP contribution in [0.15, 0.2) is 68.1 Å². The summed E-state index contributed by atoms with van der Waals surface area (Å²) in [5.41, 5.74) is -3.32. The third-order valence-corrected chi connectivity index (χ3v) is 9.58. The summed E-state index contributed by atoms with van der Waals surface area (Å²) in [5, 5.41) is 23.5. The lowest BCUT2D eigenvalue weighted by Crippen LogP contribution is -2.20. The summed E-state index contributed by atoms with van der Waals surface area (Å²) in [6.07, 6.45) is 0. The largest absolute Gasteiger partial charge is 0.323 e. The molecule has 0 radical (unpaired) electrons. The Morgan fingerprint density at radius 3 is 1.02 bits per heavy atom. The molecule has 0 unspecified atom stereocenters. The molecular formula is C21H14N4O17S4. The van der Waals surface area contributed by atoms with E-state index in [9.17, 15) is 76.9 Å². The van der Waals surface area contributed by atoms with Crippen LogP contribution < -0.4 is 10.6 Å². The fourth-order valence-electron chi connectivity index (χ4n) is 4.26. The smallest absolute Gasteiger partial charge is 0.308 e. The van der Waals surface area contributed by atoms with Gasteiger partial charge in [-0.3, -0.25) is 38.4 Å². The fourth-order valence-corrected chi connectivity index (χ4v) is 7.14. The Kier molecular flexibility index (Phi) is 8.25. The number of hydrogen-bond donors (Lipinski definition) is 6. The van der Waals surface area contributed by atoms with Crippen molar-refractivity contribution in [2.24, 2.45) is 0 Å². The van der Waals surface area contributed by atoms with Gasteiger partial charge in [0, 0.05) is 57.2 Å². The van der Waals surface area contributed by atoms with Crippen molar-refractivity contribution in [3.05, 3.63) is 68.8 Å². The molecule has 0 aliphatic carbocycles. The number of anilines is 2. The first-order chi connectivity index (χ1) is 20.9. The van der Waals surface area contributed by atoms with Gasteiger partial charge in [0.25, 0.3) is 51.8 Å². The van der Waals surface area contributed by atoms with Crippen LogP contribution in [-0.2, 0) is 40.5 Å². The number of hydrogen-bond acceptors (Lipinski definition) is 13. The molecule has 0 fully saturated rings. The predicted octanol–water partition coefficient (Wildman–Crippen LogP) is 2.44. The third kappa shape index (κ3) is 6.84. The van der Waals surface area contributed by atoms with Crippen LogP contribution in [0.4, 0.5) is 27.5 Å². The summed E-state index contributed by atoms with van der Waals surface area (Å²) in [5.74, 6) is 0. The molecule has 0 heterocycles. The quantitative estimate of drug-likeness (QED) is 0.0863. The zero-order valence-corrected chi connectivity index (χ0v) is 25.0. The van der Waals surface area contributed by atoms with Gasteiger partial charge in [0.15, 0.2) is 0 Å². The van der Waals surface area contributed by atoms with E-state index in [1.807, 2.05) is 10.6 Å². The SMILES string of the molecule is O=C(Nc1cc(S(=O)(=O)O)c2cc([N+](=O)[O-])cc(S(=O)(=O)O)c2c1)Nc1cc(S(=O)(=O)O)c2cc([N+](=O)[O-])cc(S(=O)(=O)O)c2c1. The Labute approximate surface area is 255 Å². The molecule has 4 aromatic carbocycles. The minimum absolute atomic E-state index is 0.359. The van der Waals surface area contributed by atoms with Crippen LogP contribution in [0.1, 0.15) is 0 Å². The van der Waals surface area contributed by atoms with Gasteiger partial charge in [0.1, 0.15) is 19.6 Å². The molecule has 0 bridgehead atoms. The van der Waals surface area contributed by atoms with Gasteiger partial charge in [0.2, 0.25) is 0 Å². The summed E-state index contributed by atoms with van der Waals surface area (Å²) in [6, 6.07) is 2.89. The van der Waals surface area contributed by atoms with Crippen LogP contribution in [0.2, 0.25) is 0 Å². The van der Waals surface area contributed by atoms with E-state index in [2.05, 4.69) is 0 Å². The number of carbonyl (C=O) groups is 1. The normalized spacial score (nSPS) is 12.6. The number of amides is 2. The van der Waals surface area contributed by atoms with Crippen LogP contribution in [0.3, 0.4) is 0 Å². The minimum Gasteiger partial charge on any atom is -0.308 e. The zero-order valence-electron chi connectivity index (χ0n) is 21.7. The molecule has 0 aliphatic rings. The maximum Gasteiger partial charge on any atom is 0.323 e. The molecule has 0 aromatic heterocycles. The van der Waals surface area contributed by atoms with E-state index < -0.39 is 120 Å². The van der Waals surface area contributed by atoms with Gasteiger partial charge in [-0.2, -0.15) is 33.7 Å². The molecule has 0 aliphatic heterocycles. The summed E-state index contributed by atoms with van der Waals surface area (Å²) < 4.78 is 135. The highest BCUT2D eigenvalue weighted by atomic mass is 32.2. The average molecular weight is 723 g/mol. The molecule has 0 saturated heterocycles. The number of rotatable bonds is 8. The van der Waals surface area contributed by atoms with Gasteiger partial charge in [-0.1, -0.05) is 0 Å². The Hall–Kier alpha value is -4.89. The van der Waals surface area contributed by atoms with Crippen LogP contribution in [-0.4, -0.2) is 67.8 Å². The molecule has 4 rings (SSSR count). The Morgan fingerprint density at radius 2 is 0.761 bits per heavy atom. The van der Waals surface area contributed by atoms with Gasteiger partial charge >= 0.3 is 6.03 Å². The maximum atomic E-state index is 12.9. The Bertz CT molecular complexity index is 2320. The van der Waals surface area contributed by atoms with E-state index in [1.165, 1.54) is 0 Å². The van der Waals surface area contributed by atoms with Crippen molar-refractivity contribution in [1.29, 1.82) is 0 Å². The van der Waals surface area contributed by atoms with E-state index in [1.54, 1.807) is 0 Å². The number of nitrogens with one attached hydrogen (secondary N) is 2. The lowest BCUT2D eigenvalue weighted by molar-refractivity contribution is -0.385. The number of urea groups is 1. The Balaban J connectivity index is 1.91. The highest BCUT2D eigenvalue weighted by molar-refractivity contribution is 7.87. The predicted molar refractivity (Wildman–Crippen MR) is 153 cm³/mol. The fraction of sp³-hybridized carbons (Fsp3) is 0. The van der Waals surface area contributed by atoms with Crippen LogP contribution in [0, 0.1) is 20.2 Å². The lowest BCUT2D eigenvalue weighted by atomic mass is 10.1. The van der Waals surface area contributed by atoms with Crippen LogP contribution in [0.5, 0.6) is 0 Å². The molecule has 46 heavy (non-hydrogen) atoms. The third-order valence-electron chi connectivity index (χ3n) is 6.01. The van der Waals surface area contributed by atoms with E-state index in [-0.39, 0.29) is 0 Å². The second-order valence-corrected chi connectivity index (χ2v) is 14.6.